The van der Waals surface area contributed by atoms with Gasteiger partial charge in [0.1, 0.15) is 12.4 Å². The zero-order chi connectivity index (χ0) is 18.2. The van der Waals surface area contributed by atoms with Crippen molar-refractivity contribution in [3.8, 4) is 17.2 Å². The van der Waals surface area contributed by atoms with Crippen LogP contribution in [0.5, 0.6) is 17.2 Å². The van der Waals surface area contributed by atoms with E-state index in [0.29, 0.717) is 29.5 Å². The lowest BCUT2D eigenvalue weighted by atomic mass is 10.2. The van der Waals surface area contributed by atoms with Crippen molar-refractivity contribution in [1.29, 1.82) is 0 Å². The molecule has 0 aliphatic carbocycles. The second-order valence-electron chi connectivity index (χ2n) is 5.61. The predicted molar refractivity (Wildman–Crippen MR) is 97.8 cm³/mol. The third-order valence-electron chi connectivity index (χ3n) is 3.63. The van der Waals surface area contributed by atoms with Gasteiger partial charge in [-0.1, -0.05) is 24.3 Å². The van der Waals surface area contributed by atoms with Crippen LogP contribution in [0.2, 0.25) is 0 Å². The molecular weight excluding hydrogens is 320 g/mol. The quantitative estimate of drug-likeness (QED) is 0.805. The zero-order valence-electron chi connectivity index (χ0n) is 15.0. The van der Waals surface area contributed by atoms with E-state index in [4.69, 9.17) is 14.2 Å². The Bertz CT molecular complexity index is 718. The Morgan fingerprint density at radius 3 is 2.32 bits per heavy atom. The Labute approximate surface area is 148 Å². The smallest absolute Gasteiger partial charge is 0.319 e. The highest BCUT2D eigenvalue weighted by atomic mass is 16.5. The topological polar surface area (TPSA) is 68.8 Å². The van der Waals surface area contributed by atoms with E-state index in [9.17, 15) is 4.79 Å². The summed E-state index contributed by atoms with van der Waals surface area (Å²) in [5.41, 5.74) is 1.58. The summed E-state index contributed by atoms with van der Waals surface area (Å²) in [6.07, 6.45) is 0. The Morgan fingerprint density at radius 2 is 1.64 bits per heavy atom. The summed E-state index contributed by atoms with van der Waals surface area (Å²) >= 11 is 0. The molecule has 2 aromatic carbocycles. The molecular formula is C19H24N2O4. The van der Waals surface area contributed by atoms with E-state index in [2.05, 4.69) is 10.6 Å². The van der Waals surface area contributed by atoms with Crippen LogP contribution >= 0.6 is 0 Å². The number of anilines is 1. The van der Waals surface area contributed by atoms with Gasteiger partial charge in [0.2, 0.25) is 0 Å². The third kappa shape index (κ3) is 5.04. The summed E-state index contributed by atoms with van der Waals surface area (Å²) in [5, 5.41) is 5.67. The van der Waals surface area contributed by atoms with Crippen LogP contribution in [0.25, 0.3) is 0 Å². The lowest BCUT2D eigenvalue weighted by Gasteiger charge is -2.18. The highest BCUT2D eigenvalue weighted by Gasteiger charge is 2.13. The van der Waals surface area contributed by atoms with Crippen LogP contribution in [0.4, 0.5) is 10.5 Å². The molecule has 1 atom stereocenters. The molecule has 0 spiro atoms. The molecule has 0 saturated carbocycles. The first kappa shape index (κ1) is 18.4. The number of para-hydroxylation sites is 3. The van der Waals surface area contributed by atoms with Gasteiger partial charge >= 0.3 is 6.03 Å². The monoisotopic (exact) mass is 344 g/mol. The minimum Gasteiger partial charge on any atom is -0.495 e. The van der Waals surface area contributed by atoms with Gasteiger partial charge in [0.25, 0.3) is 0 Å². The molecule has 6 heteroatoms. The van der Waals surface area contributed by atoms with Crippen molar-refractivity contribution in [2.24, 2.45) is 0 Å². The van der Waals surface area contributed by atoms with Gasteiger partial charge in [-0.25, -0.2) is 4.79 Å². The van der Waals surface area contributed by atoms with Crippen molar-refractivity contribution in [3.63, 3.8) is 0 Å². The van der Waals surface area contributed by atoms with Crippen molar-refractivity contribution in [3.05, 3.63) is 48.0 Å². The van der Waals surface area contributed by atoms with Crippen LogP contribution < -0.4 is 24.8 Å². The largest absolute Gasteiger partial charge is 0.495 e. The first-order chi connectivity index (χ1) is 12.0. The lowest BCUT2D eigenvalue weighted by molar-refractivity contribution is 0.233. The van der Waals surface area contributed by atoms with Gasteiger partial charge in [0.15, 0.2) is 11.5 Å². The molecule has 134 valence electrons. The Hall–Kier alpha value is -2.89. The van der Waals surface area contributed by atoms with Crippen LogP contribution in [-0.4, -0.2) is 32.9 Å². The molecule has 0 aliphatic rings. The number of methoxy groups -OCH3 is 2. The molecule has 2 rings (SSSR count). The van der Waals surface area contributed by atoms with Gasteiger partial charge in [0.05, 0.1) is 25.9 Å². The maximum absolute atomic E-state index is 12.2. The second-order valence-corrected chi connectivity index (χ2v) is 5.61. The molecule has 2 amide bonds. The van der Waals surface area contributed by atoms with E-state index in [1.165, 1.54) is 0 Å². The molecule has 2 N–H and O–H groups in total. The number of hydrogen-bond acceptors (Lipinski definition) is 4. The van der Waals surface area contributed by atoms with E-state index >= 15 is 0 Å². The summed E-state index contributed by atoms with van der Waals surface area (Å²) in [4.78, 5) is 12.2. The average Bonchev–Trinajstić information content (AvgIpc) is 2.61. The number of amides is 2. The van der Waals surface area contributed by atoms with Crippen molar-refractivity contribution in [2.75, 3.05) is 26.1 Å². The summed E-state index contributed by atoms with van der Waals surface area (Å²) < 4.78 is 16.2. The lowest BCUT2D eigenvalue weighted by Crippen LogP contribution is -2.39. The highest BCUT2D eigenvalue weighted by molar-refractivity contribution is 5.92. The number of carbonyl (C=O) groups excluding carboxylic acids is 1. The first-order valence-corrected chi connectivity index (χ1v) is 8.02. The number of nitrogens with one attached hydrogen (secondary N) is 2. The molecule has 2 aromatic rings. The summed E-state index contributed by atoms with van der Waals surface area (Å²) in [5.74, 6) is 1.91. The SMILES string of the molecule is COc1ccccc1OCC(C)NC(=O)Nc1c(C)cccc1OC. The van der Waals surface area contributed by atoms with Crippen LogP contribution in [0, 0.1) is 6.92 Å². The fourth-order valence-electron chi connectivity index (χ4n) is 2.34. The number of benzene rings is 2. The molecule has 0 saturated heterocycles. The van der Waals surface area contributed by atoms with Gasteiger partial charge < -0.3 is 24.8 Å². The molecule has 25 heavy (non-hydrogen) atoms. The van der Waals surface area contributed by atoms with E-state index in [1.54, 1.807) is 20.3 Å². The molecule has 0 radical (unpaired) electrons. The zero-order valence-corrected chi connectivity index (χ0v) is 15.0. The second kappa shape index (κ2) is 8.82. The third-order valence-corrected chi connectivity index (χ3v) is 3.63. The number of carbonyl (C=O) groups is 1. The Morgan fingerprint density at radius 1 is 1.00 bits per heavy atom. The maximum Gasteiger partial charge on any atom is 0.319 e. The summed E-state index contributed by atoms with van der Waals surface area (Å²) in [6, 6.07) is 12.5. The molecule has 0 fully saturated rings. The fraction of sp³-hybridized carbons (Fsp3) is 0.316. The molecule has 6 nitrogen and oxygen atoms in total. The normalized spacial score (nSPS) is 11.4. The van der Waals surface area contributed by atoms with E-state index < -0.39 is 0 Å². The predicted octanol–water partition coefficient (Wildman–Crippen LogP) is 3.60. The maximum atomic E-state index is 12.2. The van der Waals surface area contributed by atoms with Crippen LogP contribution in [0.3, 0.4) is 0 Å². The van der Waals surface area contributed by atoms with Crippen LogP contribution in [-0.2, 0) is 0 Å². The standard InChI is InChI=1S/C19H24N2O4/c1-13-8-7-11-17(24-4)18(13)21-19(22)20-14(2)12-25-16-10-6-5-9-15(16)23-3/h5-11,14H,12H2,1-4H3,(H2,20,21,22). The van der Waals surface area contributed by atoms with Crippen molar-refractivity contribution < 1.29 is 19.0 Å². The van der Waals surface area contributed by atoms with Gasteiger partial charge in [-0.3, -0.25) is 0 Å². The highest BCUT2D eigenvalue weighted by Crippen LogP contribution is 2.27. The Balaban J connectivity index is 1.90. The molecule has 1 unspecified atom stereocenters. The summed E-state index contributed by atoms with van der Waals surface area (Å²) in [7, 11) is 3.16. The number of hydrogen-bond donors (Lipinski definition) is 2. The van der Waals surface area contributed by atoms with Gasteiger partial charge in [0, 0.05) is 0 Å². The van der Waals surface area contributed by atoms with Gasteiger partial charge in [-0.15, -0.1) is 0 Å². The minimum absolute atomic E-state index is 0.195. The molecule has 0 heterocycles. The van der Waals surface area contributed by atoms with Crippen LogP contribution in [0.15, 0.2) is 42.5 Å². The first-order valence-electron chi connectivity index (χ1n) is 8.02. The van der Waals surface area contributed by atoms with Gasteiger partial charge in [-0.05, 0) is 37.6 Å². The van der Waals surface area contributed by atoms with E-state index in [-0.39, 0.29) is 12.1 Å². The number of rotatable bonds is 7. The number of aryl methyl sites for hydroxylation is 1. The van der Waals surface area contributed by atoms with Crippen molar-refractivity contribution in [1.82, 2.24) is 5.32 Å². The molecule has 0 bridgehead atoms. The van der Waals surface area contributed by atoms with Crippen molar-refractivity contribution in [2.45, 2.75) is 19.9 Å². The number of ether oxygens (including phenoxy) is 3. The fourth-order valence-corrected chi connectivity index (χ4v) is 2.34. The molecule has 0 aliphatic heterocycles. The van der Waals surface area contributed by atoms with E-state index in [0.717, 1.165) is 5.56 Å². The average molecular weight is 344 g/mol. The van der Waals surface area contributed by atoms with Gasteiger partial charge in [-0.2, -0.15) is 0 Å². The van der Waals surface area contributed by atoms with Crippen LogP contribution in [0.1, 0.15) is 12.5 Å². The Kier molecular flexibility index (Phi) is 6.51. The van der Waals surface area contributed by atoms with E-state index in [1.807, 2.05) is 50.2 Å². The minimum atomic E-state index is -0.316. The number of urea groups is 1. The molecule has 0 aromatic heterocycles. The van der Waals surface area contributed by atoms with Crippen molar-refractivity contribution >= 4 is 11.7 Å². The summed E-state index contributed by atoms with van der Waals surface area (Å²) in [6.45, 7) is 4.09.